The van der Waals surface area contributed by atoms with Crippen molar-refractivity contribution in [2.24, 2.45) is 0 Å². The van der Waals surface area contributed by atoms with Crippen LogP contribution in [-0.4, -0.2) is 25.8 Å². The molecule has 5 heteroatoms. The number of nitrogens with zero attached hydrogens (tertiary/aromatic N) is 1. The molecule has 0 saturated carbocycles. The SMILES string of the molecule is CC(C)N(C)S(=O)(=O)c1cccc2c(N)cccc12. The molecule has 0 aromatic heterocycles. The summed E-state index contributed by atoms with van der Waals surface area (Å²) in [6, 6.07) is 10.4. The lowest BCUT2D eigenvalue weighted by Gasteiger charge is -2.22. The summed E-state index contributed by atoms with van der Waals surface area (Å²) in [6.45, 7) is 3.69. The zero-order valence-corrected chi connectivity index (χ0v) is 12.1. The van der Waals surface area contributed by atoms with Crippen molar-refractivity contribution >= 4 is 26.5 Å². The average Bonchev–Trinajstić information content (AvgIpc) is 2.37. The second-order valence-corrected chi connectivity index (χ2v) is 6.78. The third-order valence-electron chi connectivity index (χ3n) is 3.30. The molecule has 102 valence electrons. The minimum atomic E-state index is -3.50. The maximum absolute atomic E-state index is 12.6. The van der Waals surface area contributed by atoms with Crippen molar-refractivity contribution < 1.29 is 8.42 Å². The fourth-order valence-corrected chi connectivity index (χ4v) is 3.53. The third-order valence-corrected chi connectivity index (χ3v) is 5.39. The third kappa shape index (κ3) is 2.31. The van der Waals surface area contributed by atoms with Crippen LogP contribution in [0.1, 0.15) is 13.8 Å². The van der Waals surface area contributed by atoms with E-state index in [0.29, 0.717) is 16.0 Å². The first kappa shape index (κ1) is 13.8. The van der Waals surface area contributed by atoms with Gasteiger partial charge in [-0.1, -0.05) is 24.3 Å². The number of fused-ring (bicyclic) bond motifs is 1. The molecule has 2 aromatic rings. The van der Waals surface area contributed by atoms with Crippen molar-refractivity contribution in [3.63, 3.8) is 0 Å². The zero-order chi connectivity index (χ0) is 14.2. The quantitative estimate of drug-likeness (QED) is 0.877. The minimum Gasteiger partial charge on any atom is -0.398 e. The van der Waals surface area contributed by atoms with Gasteiger partial charge in [0.05, 0.1) is 4.90 Å². The van der Waals surface area contributed by atoms with Gasteiger partial charge in [0.15, 0.2) is 0 Å². The molecule has 0 radical (unpaired) electrons. The van der Waals surface area contributed by atoms with Gasteiger partial charge in [-0.2, -0.15) is 4.31 Å². The summed E-state index contributed by atoms with van der Waals surface area (Å²) < 4.78 is 26.5. The van der Waals surface area contributed by atoms with E-state index in [1.807, 2.05) is 19.9 Å². The molecule has 2 rings (SSSR count). The van der Waals surface area contributed by atoms with Gasteiger partial charge >= 0.3 is 0 Å². The molecule has 0 aliphatic heterocycles. The highest BCUT2D eigenvalue weighted by Gasteiger charge is 2.24. The van der Waals surface area contributed by atoms with Gasteiger partial charge in [-0.15, -0.1) is 0 Å². The summed E-state index contributed by atoms with van der Waals surface area (Å²) in [4.78, 5) is 0.300. The number of nitrogen functional groups attached to an aromatic ring is 1. The average molecular weight is 278 g/mol. The Morgan fingerprint density at radius 2 is 1.63 bits per heavy atom. The van der Waals surface area contributed by atoms with E-state index in [9.17, 15) is 8.42 Å². The number of sulfonamides is 1. The lowest BCUT2D eigenvalue weighted by molar-refractivity contribution is 0.411. The van der Waals surface area contributed by atoms with Crippen LogP contribution in [0.15, 0.2) is 41.3 Å². The number of anilines is 1. The van der Waals surface area contributed by atoms with Crippen LogP contribution in [-0.2, 0) is 10.0 Å². The number of nitrogens with two attached hydrogens (primary N) is 1. The van der Waals surface area contributed by atoms with Crippen LogP contribution in [0.25, 0.3) is 10.8 Å². The molecule has 0 aliphatic carbocycles. The number of hydrogen-bond donors (Lipinski definition) is 1. The van der Waals surface area contributed by atoms with Crippen molar-refractivity contribution in [1.82, 2.24) is 4.31 Å². The van der Waals surface area contributed by atoms with Gasteiger partial charge in [-0.25, -0.2) is 8.42 Å². The summed E-state index contributed by atoms with van der Waals surface area (Å²) in [5.41, 5.74) is 6.48. The molecular weight excluding hydrogens is 260 g/mol. The van der Waals surface area contributed by atoms with E-state index in [4.69, 9.17) is 5.73 Å². The largest absolute Gasteiger partial charge is 0.398 e. The van der Waals surface area contributed by atoms with E-state index in [0.717, 1.165) is 5.39 Å². The Bertz CT molecular complexity index is 708. The Kier molecular flexibility index (Phi) is 3.52. The smallest absolute Gasteiger partial charge is 0.243 e. The molecule has 0 aliphatic rings. The normalized spacial score (nSPS) is 12.5. The molecule has 0 bridgehead atoms. The molecule has 2 N–H and O–H groups in total. The molecule has 0 unspecified atom stereocenters. The van der Waals surface area contributed by atoms with Crippen molar-refractivity contribution in [2.75, 3.05) is 12.8 Å². The molecular formula is C14H18N2O2S. The summed E-state index contributed by atoms with van der Waals surface area (Å²) >= 11 is 0. The molecule has 0 spiro atoms. The minimum absolute atomic E-state index is 0.0960. The van der Waals surface area contributed by atoms with Crippen LogP contribution in [0.2, 0.25) is 0 Å². The van der Waals surface area contributed by atoms with Gasteiger partial charge in [0.25, 0.3) is 0 Å². The fourth-order valence-electron chi connectivity index (χ4n) is 1.96. The predicted molar refractivity (Wildman–Crippen MR) is 78.4 cm³/mol. The van der Waals surface area contributed by atoms with Crippen LogP contribution in [0, 0.1) is 0 Å². The van der Waals surface area contributed by atoms with Crippen LogP contribution in [0.4, 0.5) is 5.69 Å². The van der Waals surface area contributed by atoms with E-state index < -0.39 is 10.0 Å². The van der Waals surface area contributed by atoms with Crippen molar-refractivity contribution in [3.05, 3.63) is 36.4 Å². The molecule has 19 heavy (non-hydrogen) atoms. The first-order valence-corrected chi connectivity index (χ1v) is 7.55. The Labute approximate surface area is 113 Å². The molecule has 0 fully saturated rings. The molecule has 0 saturated heterocycles. The number of hydrogen-bond acceptors (Lipinski definition) is 3. The summed E-state index contributed by atoms with van der Waals surface area (Å²) in [5.74, 6) is 0. The van der Waals surface area contributed by atoms with Crippen LogP contribution in [0.3, 0.4) is 0 Å². The van der Waals surface area contributed by atoms with Gasteiger partial charge in [0.2, 0.25) is 10.0 Å². The topological polar surface area (TPSA) is 63.4 Å². The molecule has 0 heterocycles. The first-order chi connectivity index (χ1) is 8.85. The monoisotopic (exact) mass is 278 g/mol. The highest BCUT2D eigenvalue weighted by molar-refractivity contribution is 7.89. The standard InChI is InChI=1S/C14H18N2O2S/c1-10(2)16(3)19(17,18)14-9-5-6-11-12(14)7-4-8-13(11)15/h4-10H,15H2,1-3H3. The van der Waals surface area contributed by atoms with Crippen LogP contribution < -0.4 is 5.73 Å². The van der Waals surface area contributed by atoms with Crippen LogP contribution in [0.5, 0.6) is 0 Å². The van der Waals surface area contributed by atoms with E-state index in [1.165, 1.54) is 4.31 Å². The maximum Gasteiger partial charge on any atom is 0.243 e. The van der Waals surface area contributed by atoms with E-state index in [1.54, 1.807) is 37.4 Å². The van der Waals surface area contributed by atoms with Crippen LogP contribution >= 0.6 is 0 Å². The second-order valence-electron chi connectivity index (χ2n) is 4.81. The van der Waals surface area contributed by atoms with Gasteiger partial charge < -0.3 is 5.73 Å². The van der Waals surface area contributed by atoms with Crippen molar-refractivity contribution in [3.8, 4) is 0 Å². The van der Waals surface area contributed by atoms with Crippen molar-refractivity contribution in [1.29, 1.82) is 0 Å². The second kappa shape index (κ2) is 4.83. The Balaban J connectivity index is 2.74. The van der Waals surface area contributed by atoms with Gasteiger partial charge in [-0.05, 0) is 26.0 Å². The lowest BCUT2D eigenvalue weighted by Crippen LogP contribution is -2.33. The Morgan fingerprint density at radius 3 is 2.26 bits per heavy atom. The van der Waals surface area contributed by atoms with E-state index >= 15 is 0 Å². The van der Waals surface area contributed by atoms with Gasteiger partial charge in [0, 0.05) is 29.5 Å². The van der Waals surface area contributed by atoms with Gasteiger partial charge in [0.1, 0.15) is 0 Å². The molecule has 4 nitrogen and oxygen atoms in total. The highest BCUT2D eigenvalue weighted by atomic mass is 32.2. The summed E-state index contributed by atoms with van der Waals surface area (Å²) in [7, 11) is -1.92. The summed E-state index contributed by atoms with van der Waals surface area (Å²) in [6.07, 6.45) is 0. The van der Waals surface area contributed by atoms with E-state index in [-0.39, 0.29) is 6.04 Å². The van der Waals surface area contributed by atoms with Gasteiger partial charge in [-0.3, -0.25) is 0 Å². The maximum atomic E-state index is 12.6. The Hall–Kier alpha value is -1.59. The van der Waals surface area contributed by atoms with E-state index in [2.05, 4.69) is 0 Å². The first-order valence-electron chi connectivity index (χ1n) is 6.11. The van der Waals surface area contributed by atoms with Crippen molar-refractivity contribution in [2.45, 2.75) is 24.8 Å². The summed E-state index contributed by atoms with van der Waals surface area (Å²) in [5, 5.41) is 1.43. The molecule has 2 aromatic carbocycles. The lowest BCUT2D eigenvalue weighted by atomic mass is 10.1. The number of benzene rings is 2. The molecule has 0 amide bonds. The predicted octanol–water partition coefficient (Wildman–Crippen LogP) is 2.45. The number of rotatable bonds is 3. The molecule has 0 atom stereocenters. The zero-order valence-electron chi connectivity index (χ0n) is 11.3. The Morgan fingerprint density at radius 1 is 1.05 bits per heavy atom. The highest BCUT2D eigenvalue weighted by Crippen LogP contribution is 2.29. The fraction of sp³-hybridized carbons (Fsp3) is 0.286.